The summed E-state index contributed by atoms with van der Waals surface area (Å²) in [7, 11) is 0. The van der Waals surface area contributed by atoms with Crippen LogP contribution in [0.2, 0.25) is 0 Å². The normalized spacial score (nSPS) is 10.5. The van der Waals surface area contributed by atoms with Crippen molar-refractivity contribution >= 4 is 23.3 Å². The van der Waals surface area contributed by atoms with Crippen LogP contribution < -0.4 is 10.1 Å². The molecule has 0 aliphatic carbocycles. The lowest BCUT2D eigenvalue weighted by Gasteiger charge is -2.05. The summed E-state index contributed by atoms with van der Waals surface area (Å²) in [5.41, 5.74) is 4.26. The minimum Gasteiger partial charge on any atom is -0.486 e. The van der Waals surface area contributed by atoms with E-state index in [1.54, 1.807) is 0 Å². The van der Waals surface area contributed by atoms with Crippen molar-refractivity contribution in [3.05, 3.63) is 87.9 Å². The van der Waals surface area contributed by atoms with Crippen LogP contribution in [0.4, 0.5) is 0 Å². The average molecular weight is 393 g/mol. The number of hydrogen-bond acceptors (Lipinski definition) is 4. The Morgan fingerprint density at radius 2 is 1.93 bits per heavy atom. The molecule has 1 aromatic heterocycles. The molecule has 2 aromatic carbocycles. The highest BCUT2D eigenvalue weighted by molar-refractivity contribution is 7.09. The van der Waals surface area contributed by atoms with E-state index in [-0.39, 0.29) is 12.3 Å². The van der Waals surface area contributed by atoms with Crippen molar-refractivity contribution in [2.75, 3.05) is 6.54 Å². The number of thiazole rings is 1. The van der Waals surface area contributed by atoms with Gasteiger partial charge in [-0.1, -0.05) is 54.6 Å². The SMILES string of the molecule is C=Cc1ccc(CCNC(=O)Cc2csc(COc3ccc(C)cc3)n2)cc1. The molecule has 28 heavy (non-hydrogen) atoms. The minimum absolute atomic E-state index is 0.0148. The number of aromatic nitrogens is 1. The van der Waals surface area contributed by atoms with E-state index in [0.717, 1.165) is 28.4 Å². The summed E-state index contributed by atoms with van der Waals surface area (Å²) >= 11 is 1.51. The molecular weight excluding hydrogens is 368 g/mol. The van der Waals surface area contributed by atoms with Crippen LogP contribution in [0.1, 0.15) is 27.4 Å². The molecule has 1 amide bonds. The van der Waals surface area contributed by atoms with E-state index in [1.165, 1.54) is 22.5 Å². The predicted octanol–water partition coefficient (Wildman–Crippen LogP) is 4.57. The molecule has 1 heterocycles. The second-order valence-corrected chi connectivity index (χ2v) is 7.50. The third-order valence-electron chi connectivity index (χ3n) is 4.28. The van der Waals surface area contributed by atoms with Gasteiger partial charge in [-0.15, -0.1) is 11.3 Å². The van der Waals surface area contributed by atoms with Crippen LogP contribution >= 0.6 is 11.3 Å². The number of aryl methyl sites for hydroxylation is 1. The first kappa shape index (κ1) is 19.8. The lowest BCUT2D eigenvalue weighted by molar-refractivity contribution is -0.120. The van der Waals surface area contributed by atoms with E-state index in [1.807, 2.05) is 54.8 Å². The average Bonchev–Trinajstić information content (AvgIpc) is 3.15. The molecule has 0 saturated heterocycles. The van der Waals surface area contributed by atoms with Crippen LogP contribution in [0.15, 0.2) is 60.5 Å². The number of rotatable bonds is 9. The summed E-state index contributed by atoms with van der Waals surface area (Å²) in [6.45, 7) is 6.81. The maximum atomic E-state index is 12.1. The van der Waals surface area contributed by atoms with Crippen molar-refractivity contribution < 1.29 is 9.53 Å². The van der Waals surface area contributed by atoms with Gasteiger partial charge in [0, 0.05) is 11.9 Å². The fourth-order valence-electron chi connectivity index (χ4n) is 2.67. The maximum Gasteiger partial charge on any atom is 0.226 e. The van der Waals surface area contributed by atoms with Gasteiger partial charge < -0.3 is 10.1 Å². The lowest BCUT2D eigenvalue weighted by Crippen LogP contribution is -2.27. The molecule has 0 spiro atoms. The number of hydrogen-bond donors (Lipinski definition) is 1. The number of carbonyl (C=O) groups excluding carboxylic acids is 1. The van der Waals surface area contributed by atoms with Crippen molar-refractivity contribution in [2.24, 2.45) is 0 Å². The zero-order chi connectivity index (χ0) is 19.8. The molecule has 4 nitrogen and oxygen atoms in total. The maximum absolute atomic E-state index is 12.1. The fraction of sp³-hybridized carbons (Fsp3) is 0.217. The summed E-state index contributed by atoms with van der Waals surface area (Å²) in [6, 6.07) is 16.1. The topological polar surface area (TPSA) is 51.2 Å². The molecule has 0 radical (unpaired) electrons. The molecule has 1 N–H and O–H groups in total. The van der Waals surface area contributed by atoms with Gasteiger partial charge in [0.05, 0.1) is 12.1 Å². The smallest absolute Gasteiger partial charge is 0.226 e. The van der Waals surface area contributed by atoms with Gasteiger partial charge in [0.25, 0.3) is 0 Å². The highest BCUT2D eigenvalue weighted by Gasteiger charge is 2.08. The third kappa shape index (κ3) is 6.06. The summed E-state index contributed by atoms with van der Waals surface area (Å²) in [5.74, 6) is 0.806. The van der Waals surface area contributed by atoms with Crippen molar-refractivity contribution in [2.45, 2.75) is 26.4 Å². The quantitative estimate of drug-likeness (QED) is 0.580. The van der Waals surface area contributed by atoms with Crippen LogP contribution in [-0.2, 0) is 24.2 Å². The Balaban J connectivity index is 1.40. The molecule has 5 heteroatoms. The number of amides is 1. The summed E-state index contributed by atoms with van der Waals surface area (Å²) in [6.07, 6.45) is 2.91. The highest BCUT2D eigenvalue weighted by Crippen LogP contribution is 2.16. The molecule has 144 valence electrons. The lowest BCUT2D eigenvalue weighted by atomic mass is 10.1. The van der Waals surface area contributed by atoms with Gasteiger partial charge in [-0.25, -0.2) is 4.98 Å². The van der Waals surface area contributed by atoms with Crippen LogP contribution in [0.25, 0.3) is 6.08 Å². The van der Waals surface area contributed by atoms with E-state index in [9.17, 15) is 4.79 Å². The van der Waals surface area contributed by atoms with E-state index in [2.05, 4.69) is 29.0 Å². The number of ether oxygens (including phenoxy) is 1. The van der Waals surface area contributed by atoms with Gasteiger partial charge in [0.2, 0.25) is 5.91 Å². The number of nitrogens with one attached hydrogen (secondary N) is 1. The molecule has 0 aliphatic heterocycles. The number of carbonyl (C=O) groups is 1. The summed E-state index contributed by atoms with van der Waals surface area (Å²) in [5, 5.41) is 5.74. The molecule has 0 unspecified atom stereocenters. The molecule has 0 fully saturated rings. The molecule has 0 saturated carbocycles. The van der Waals surface area contributed by atoms with Gasteiger partial charge in [-0.05, 0) is 36.6 Å². The van der Waals surface area contributed by atoms with E-state index in [0.29, 0.717) is 13.2 Å². The van der Waals surface area contributed by atoms with E-state index < -0.39 is 0 Å². The zero-order valence-electron chi connectivity index (χ0n) is 16.0. The van der Waals surface area contributed by atoms with E-state index in [4.69, 9.17) is 4.74 Å². The first-order valence-electron chi connectivity index (χ1n) is 9.23. The Kier molecular flexibility index (Phi) is 6.98. The number of benzene rings is 2. The molecule has 3 rings (SSSR count). The van der Waals surface area contributed by atoms with Gasteiger partial charge in [-0.3, -0.25) is 4.79 Å². The van der Waals surface area contributed by atoms with E-state index >= 15 is 0 Å². The predicted molar refractivity (Wildman–Crippen MR) is 115 cm³/mol. The first-order valence-corrected chi connectivity index (χ1v) is 10.1. The third-order valence-corrected chi connectivity index (χ3v) is 5.15. The Morgan fingerprint density at radius 1 is 1.18 bits per heavy atom. The Hall–Kier alpha value is -2.92. The van der Waals surface area contributed by atoms with Crippen molar-refractivity contribution in [1.82, 2.24) is 10.3 Å². The number of nitrogens with zero attached hydrogens (tertiary/aromatic N) is 1. The van der Waals surface area contributed by atoms with Crippen molar-refractivity contribution in [3.8, 4) is 5.75 Å². The second kappa shape index (κ2) is 9.85. The summed E-state index contributed by atoms with van der Waals surface area (Å²) < 4.78 is 5.74. The summed E-state index contributed by atoms with van der Waals surface area (Å²) in [4.78, 5) is 16.6. The largest absolute Gasteiger partial charge is 0.486 e. The van der Waals surface area contributed by atoms with Crippen molar-refractivity contribution in [3.63, 3.8) is 0 Å². The highest BCUT2D eigenvalue weighted by atomic mass is 32.1. The van der Waals surface area contributed by atoms with Crippen LogP contribution in [0.5, 0.6) is 5.75 Å². The van der Waals surface area contributed by atoms with Crippen LogP contribution in [0.3, 0.4) is 0 Å². The Labute approximate surface area is 169 Å². The molecule has 0 bridgehead atoms. The minimum atomic E-state index is -0.0148. The van der Waals surface area contributed by atoms with Crippen LogP contribution in [0, 0.1) is 6.92 Å². The Morgan fingerprint density at radius 3 is 2.64 bits per heavy atom. The Bertz CT molecular complexity index is 915. The van der Waals surface area contributed by atoms with Crippen molar-refractivity contribution in [1.29, 1.82) is 0 Å². The molecular formula is C23H24N2O2S. The van der Waals surface area contributed by atoms with Gasteiger partial charge >= 0.3 is 0 Å². The first-order chi connectivity index (χ1) is 13.6. The second-order valence-electron chi connectivity index (χ2n) is 6.56. The molecule has 0 atom stereocenters. The van der Waals surface area contributed by atoms with Gasteiger partial charge in [0.1, 0.15) is 17.4 Å². The standard InChI is InChI=1S/C23H24N2O2S/c1-3-18-6-8-19(9-7-18)12-13-24-22(26)14-20-16-28-23(25-20)15-27-21-10-4-17(2)5-11-21/h3-11,16H,1,12-15H2,2H3,(H,24,26). The molecule has 3 aromatic rings. The van der Waals surface area contributed by atoms with Gasteiger partial charge in [0.15, 0.2) is 0 Å². The zero-order valence-corrected chi connectivity index (χ0v) is 16.8. The van der Waals surface area contributed by atoms with Crippen LogP contribution in [-0.4, -0.2) is 17.4 Å². The molecule has 0 aliphatic rings. The monoisotopic (exact) mass is 392 g/mol. The van der Waals surface area contributed by atoms with Gasteiger partial charge in [-0.2, -0.15) is 0 Å². The fourth-order valence-corrected chi connectivity index (χ4v) is 3.37.